The van der Waals surface area contributed by atoms with Crippen LogP contribution in [0.2, 0.25) is 0 Å². The molecular weight excluding hydrogens is 376 g/mol. The molecule has 0 aromatic rings. The summed E-state index contributed by atoms with van der Waals surface area (Å²) in [5.41, 5.74) is 0. The van der Waals surface area contributed by atoms with Crippen molar-refractivity contribution in [2.45, 2.75) is 84.2 Å². The second kappa shape index (κ2) is 11.5. The van der Waals surface area contributed by atoms with Crippen LogP contribution in [0.25, 0.3) is 0 Å². The SMILES string of the molecule is CC(C)C(=O)N1CCN(C(C(=O)NCCCN2CCCCC2C)C2CCCC2)CC1. The summed E-state index contributed by atoms with van der Waals surface area (Å²) in [4.78, 5) is 32.5. The minimum absolute atomic E-state index is 0.0160. The van der Waals surface area contributed by atoms with E-state index in [0.717, 1.165) is 58.5 Å². The van der Waals surface area contributed by atoms with Crippen molar-refractivity contribution in [1.29, 1.82) is 0 Å². The van der Waals surface area contributed by atoms with Crippen LogP contribution in [0.3, 0.4) is 0 Å². The highest BCUT2D eigenvalue weighted by Crippen LogP contribution is 2.31. The summed E-state index contributed by atoms with van der Waals surface area (Å²) in [6.45, 7) is 12.5. The number of carbonyl (C=O) groups is 2. The third-order valence-electron chi connectivity index (χ3n) is 7.49. The van der Waals surface area contributed by atoms with Crippen molar-refractivity contribution in [1.82, 2.24) is 20.0 Å². The minimum atomic E-state index is -0.0160. The predicted octanol–water partition coefficient (Wildman–Crippen LogP) is 2.73. The van der Waals surface area contributed by atoms with E-state index in [1.54, 1.807) is 0 Å². The van der Waals surface area contributed by atoms with Gasteiger partial charge in [-0.1, -0.05) is 33.1 Å². The first-order chi connectivity index (χ1) is 14.5. The third-order valence-corrected chi connectivity index (χ3v) is 7.49. The lowest BCUT2D eigenvalue weighted by atomic mass is 9.95. The summed E-state index contributed by atoms with van der Waals surface area (Å²) in [5, 5.41) is 3.28. The maximum Gasteiger partial charge on any atom is 0.237 e. The smallest absolute Gasteiger partial charge is 0.237 e. The summed E-state index contributed by atoms with van der Waals surface area (Å²) in [7, 11) is 0. The molecule has 3 rings (SSSR count). The molecule has 6 heteroatoms. The average Bonchev–Trinajstić information content (AvgIpc) is 3.27. The van der Waals surface area contributed by atoms with Gasteiger partial charge in [-0.05, 0) is 51.5 Å². The summed E-state index contributed by atoms with van der Waals surface area (Å²) < 4.78 is 0. The zero-order chi connectivity index (χ0) is 21.5. The van der Waals surface area contributed by atoms with Gasteiger partial charge in [0.25, 0.3) is 0 Å². The highest BCUT2D eigenvalue weighted by atomic mass is 16.2. The molecule has 0 radical (unpaired) electrons. The van der Waals surface area contributed by atoms with E-state index >= 15 is 0 Å². The number of nitrogens with one attached hydrogen (secondary N) is 1. The Hall–Kier alpha value is -1.14. The topological polar surface area (TPSA) is 55.9 Å². The molecule has 6 nitrogen and oxygen atoms in total. The normalized spacial score (nSPS) is 25.6. The summed E-state index contributed by atoms with van der Waals surface area (Å²) in [5.74, 6) is 0.980. The van der Waals surface area contributed by atoms with Gasteiger partial charge >= 0.3 is 0 Å². The molecule has 1 aliphatic carbocycles. The minimum Gasteiger partial charge on any atom is -0.355 e. The largest absolute Gasteiger partial charge is 0.355 e. The number of carbonyl (C=O) groups excluding carboxylic acids is 2. The number of piperazine rings is 1. The Morgan fingerprint density at radius 1 is 0.933 bits per heavy atom. The van der Waals surface area contributed by atoms with Crippen LogP contribution >= 0.6 is 0 Å². The number of hydrogen-bond acceptors (Lipinski definition) is 4. The fourth-order valence-electron chi connectivity index (χ4n) is 5.62. The average molecular weight is 421 g/mol. The van der Waals surface area contributed by atoms with E-state index in [1.165, 1.54) is 38.6 Å². The molecule has 3 aliphatic rings. The van der Waals surface area contributed by atoms with Crippen molar-refractivity contribution in [3.05, 3.63) is 0 Å². The second-order valence-electron chi connectivity index (χ2n) is 10.0. The lowest BCUT2D eigenvalue weighted by Crippen LogP contribution is -2.58. The van der Waals surface area contributed by atoms with Gasteiger partial charge in [0.2, 0.25) is 11.8 Å². The molecule has 2 amide bonds. The Balaban J connectivity index is 1.48. The zero-order valence-corrected chi connectivity index (χ0v) is 19.6. The van der Waals surface area contributed by atoms with Crippen LogP contribution in [0, 0.1) is 11.8 Å². The van der Waals surface area contributed by atoms with Crippen molar-refractivity contribution in [3.8, 4) is 0 Å². The zero-order valence-electron chi connectivity index (χ0n) is 19.6. The Labute approximate surface area is 183 Å². The van der Waals surface area contributed by atoms with Crippen molar-refractivity contribution in [2.24, 2.45) is 11.8 Å². The van der Waals surface area contributed by atoms with Crippen molar-refractivity contribution >= 4 is 11.8 Å². The first-order valence-corrected chi connectivity index (χ1v) is 12.5. The fraction of sp³-hybridized carbons (Fsp3) is 0.917. The lowest BCUT2D eigenvalue weighted by molar-refractivity contribution is -0.138. The van der Waals surface area contributed by atoms with E-state index in [-0.39, 0.29) is 23.8 Å². The van der Waals surface area contributed by atoms with E-state index in [1.807, 2.05) is 18.7 Å². The molecule has 2 aliphatic heterocycles. The number of amides is 2. The Morgan fingerprint density at radius 3 is 2.23 bits per heavy atom. The molecule has 1 N–H and O–H groups in total. The van der Waals surface area contributed by atoms with Gasteiger partial charge in [0.05, 0.1) is 6.04 Å². The fourth-order valence-corrected chi connectivity index (χ4v) is 5.62. The molecule has 0 bridgehead atoms. The molecular formula is C24H44N4O2. The molecule has 3 fully saturated rings. The monoisotopic (exact) mass is 420 g/mol. The van der Waals surface area contributed by atoms with Gasteiger partial charge in [-0.15, -0.1) is 0 Å². The van der Waals surface area contributed by atoms with E-state index in [0.29, 0.717) is 12.0 Å². The third kappa shape index (κ3) is 6.19. The predicted molar refractivity (Wildman–Crippen MR) is 121 cm³/mol. The maximum absolute atomic E-state index is 13.2. The van der Waals surface area contributed by atoms with Crippen LogP contribution in [-0.2, 0) is 9.59 Å². The molecule has 30 heavy (non-hydrogen) atoms. The van der Waals surface area contributed by atoms with Crippen LogP contribution in [-0.4, -0.2) is 84.4 Å². The van der Waals surface area contributed by atoms with Crippen molar-refractivity contribution in [2.75, 3.05) is 45.8 Å². The quantitative estimate of drug-likeness (QED) is 0.614. The molecule has 2 atom stereocenters. The molecule has 2 heterocycles. The molecule has 172 valence electrons. The van der Waals surface area contributed by atoms with Crippen molar-refractivity contribution < 1.29 is 9.59 Å². The lowest BCUT2D eigenvalue weighted by Gasteiger charge is -2.41. The molecule has 2 saturated heterocycles. The number of piperidine rings is 1. The molecule has 0 aromatic carbocycles. The van der Waals surface area contributed by atoms with Gasteiger partial charge in [-0.2, -0.15) is 0 Å². The molecule has 2 unspecified atom stereocenters. The summed E-state index contributed by atoms with van der Waals surface area (Å²) in [6, 6.07) is 0.670. The standard InChI is InChI=1S/C24H44N4O2/c1-19(2)24(30)28-17-15-27(16-18-28)22(21-10-4-5-11-21)23(29)25-12-8-14-26-13-7-6-9-20(26)3/h19-22H,4-18H2,1-3H3,(H,25,29). The van der Waals surface area contributed by atoms with E-state index in [9.17, 15) is 9.59 Å². The molecule has 1 saturated carbocycles. The Kier molecular flexibility index (Phi) is 8.99. The van der Waals surface area contributed by atoms with Gasteiger partial charge in [-0.25, -0.2) is 0 Å². The number of likely N-dealkylation sites (tertiary alicyclic amines) is 1. The number of hydrogen-bond donors (Lipinski definition) is 1. The van der Waals surface area contributed by atoms with E-state index < -0.39 is 0 Å². The van der Waals surface area contributed by atoms with E-state index in [4.69, 9.17) is 0 Å². The van der Waals surface area contributed by atoms with Crippen LogP contribution in [0.5, 0.6) is 0 Å². The van der Waals surface area contributed by atoms with Gasteiger partial charge in [0, 0.05) is 51.2 Å². The summed E-state index contributed by atoms with van der Waals surface area (Å²) in [6.07, 6.45) is 9.81. The van der Waals surface area contributed by atoms with Gasteiger partial charge in [0.1, 0.15) is 0 Å². The Bertz CT molecular complexity index is 553. The molecule has 0 spiro atoms. The van der Waals surface area contributed by atoms with Gasteiger partial charge in [0.15, 0.2) is 0 Å². The van der Waals surface area contributed by atoms with Crippen LogP contribution < -0.4 is 5.32 Å². The Morgan fingerprint density at radius 2 is 1.60 bits per heavy atom. The van der Waals surface area contributed by atoms with Crippen molar-refractivity contribution in [3.63, 3.8) is 0 Å². The summed E-state index contributed by atoms with van der Waals surface area (Å²) >= 11 is 0. The first-order valence-electron chi connectivity index (χ1n) is 12.5. The number of nitrogens with zero attached hydrogens (tertiary/aromatic N) is 3. The van der Waals surface area contributed by atoms with Gasteiger partial charge in [-0.3, -0.25) is 14.5 Å². The first kappa shape index (κ1) is 23.5. The number of rotatable bonds is 8. The maximum atomic E-state index is 13.2. The van der Waals surface area contributed by atoms with E-state index in [2.05, 4.69) is 22.0 Å². The van der Waals surface area contributed by atoms with Crippen LogP contribution in [0.15, 0.2) is 0 Å². The highest BCUT2D eigenvalue weighted by molar-refractivity contribution is 5.82. The van der Waals surface area contributed by atoms with Crippen LogP contribution in [0.4, 0.5) is 0 Å². The van der Waals surface area contributed by atoms with Gasteiger partial charge < -0.3 is 15.1 Å². The second-order valence-corrected chi connectivity index (χ2v) is 10.0. The molecule has 0 aromatic heterocycles. The highest BCUT2D eigenvalue weighted by Gasteiger charge is 2.37. The van der Waals surface area contributed by atoms with Crippen LogP contribution in [0.1, 0.15) is 72.1 Å².